The number of rotatable bonds is 3. The molecule has 0 bridgehead atoms. The summed E-state index contributed by atoms with van der Waals surface area (Å²) in [5, 5.41) is 9.02. The Labute approximate surface area is 181 Å². The van der Waals surface area contributed by atoms with Gasteiger partial charge in [0, 0.05) is 37.1 Å². The van der Waals surface area contributed by atoms with Gasteiger partial charge in [0.25, 0.3) is 5.91 Å². The molecule has 1 aliphatic heterocycles. The Morgan fingerprint density at radius 2 is 1.97 bits per heavy atom. The highest BCUT2D eigenvalue weighted by molar-refractivity contribution is 5.94. The molecule has 1 atom stereocenters. The number of hydrogen-bond acceptors (Lipinski definition) is 4. The molecule has 1 aliphatic rings. The summed E-state index contributed by atoms with van der Waals surface area (Å²) < 4.78 is 3.58. The lowest BCUT2D eigenvalue weighted by Crippen LogP contribution is -2.31. The van der Waals surface area contributed by atoms with Crippen LogP contribution in [-0.4, -0.2) is 41.7 Å². The molecule has 7 nitrogen and oxygen atoms in total. The maximum Gasteiger partial charge on any atom is 0.274 e. The minimum atomic E-state index is -0.0391. The number of carbonyl (C=O) groups excluding carboxylic acids is 1. The molecule has 0 unspecified atom stereocenters. The van der Waals surface area contributed by atoms with Crippen molar-refractivity contribution in [3.63, 3.8) is 0 Å². The van der Waals surface area contributed by atoms with E-state index in [1.54, 1.807) is 16.8 Å². The van der Waals surface area contributed by atoms with Gasteiger partial charge in [-0.15, -0.1) is 0 Å². The fourth-order valence-electron chi connectivity index (χ4n) is 4.55. The first kappa shape index (κ1) is 19.5. The lowest BCUT2D eigenvalue weighted by atomic mass is 9.97. The average molecular weight is 415 g/mol. The highest BCUT2D eigenvalue weighted by Gasteiger charge is 2.33. The third-order valence-electron chi connectivity index (χ3n) is 6.40. The van der Waals surface area contributed by atoms with Crippen molar-refractivity contribution >= 4 is 11.6 Å². The molecule has 4 heterocycles. The number of amides is 1. The number of hydrogen-bond donors (Lipinski definition) is 0. The van der Waals surface area contributed by atoms with E-state index in [0.717, 1.165) is 36.3 Å². The van der Waals surface area contributed by atoms with E-state index in [9.17, 15) is 4.79 Å². The fraction of sp³-hybridized carbons (Fsp3) is 0.333. The Balaban J connectivity index is 1.53. The van der Waals surface area contributed by atoms with E-state index >= 15 is 0 Å². The molecule has 31 heavy (non-hydrogen) atoms. The van der Waals surface area contributed by atoms with Gasteiger partial charge in [-0.2, -0.15) is 10.2 Å². The largest absolute Gasteiger partial charge is 0.330 e. The predicted molar refractivity (Wildman–Crippen MR) is 119 cm³/mol. The molecule has 0 saturated carbocycles. The third-order valence-corrected chi connectivity index (χ3v) is 6.40. The molecule has 1 amide bonds. The van der Waals surface area contributed by atoms with E-state index in [0.29, 0.717) is 11.3 Å². The summed E-state index contributed by atoms with van der Waals surface area (Å²) in [7, 11) is 1.91. The highest BCUT2D eigenvalue weighted by Crippen LogP contribution is 2.35. The van der Waals surface area contributed by atoms with Crippen LogP contribution in [0.3, 0.4) is 0 Å². The Morgan fingerprint density at radius 1 is 1.13 bits per heavy atom. The zero-order valence-corrected chi connectivity index (χ0v) is 18.3. The fourth-order valence-corrected chi connectivity index (χ4v) is 4.55. The van der Waals surface area contributed by atoms with Crippen LogP contribution < -0.4 is 0 Å². The molecule has 1 fully saturated rings. The van der Waals surface area contributed by atoms with E-state index in [2.05, 4.69) is 47.2 Å². The van der Waals surface area contributed by atoms with Crippen molar-refractivity contribution in [1.82, 2.24) is 29.3 Å². The van der Waals surface area contributed by atoms with Crippen LogP contribution in [0.25, 0.3) is 16.9 Å². The van der Waals surface area contributed by atoms with Gasteiger partial charge in [0.05, 0.1) is 17.9 Å². The number of aryl methyl sites for hydroxylation is 3. The van der Waals surface area contributed by atoms with Crippen molar-refractivity contribution < 1.29 is 4.79 Å². The molecular weight excluding hydrogens is 388 g/mol. The number of nitrogens with zero attached hydrogens (tertiary/aromatic N) is 6. The first-order chi connectivity index (χ1) is 14.9. The summed E-state index contributed by atoms with van der Waals surface area (Å²) in [6.07, 6.45) is 5.55. The molecular formula is C24H26N6O. The predicted octanol–water partition coefficient (Wildman–Crippen LogP) is 4.03. The van der Waals surface area contributed by atoms with E-state index in [-0.39, 0.29) is 11.9 Å². The summed E-state index contributed by atoms with van der Waals surface area (Å²) >= 11 is 0. The number of aromatic nitrogens is 5. The van der Waals surface area contributed by atoms with Crippen LogP contribution in [0.15, 0.2) is 42.7 Å². The van der Waals surface area contributed by atoms with Gasteiger partial charge in [-0.3, -0.25) is 9.48 Å². The number of likely N-dealkylation sites (tertiary alicyclic amines) is 1. The minimum Gasteiger partial charge on any atom is -0.330 e. The Morgan fingerprint density at radius 3 is 2.74 bits per heavy atom. The van der Waals surface area contributed by atoms with Gasteiger partial charge < -0.3 is 4.90 Å². The molecule has 3 aromatic heterocycles. The van der Waals surface area contributed by atoms with Crippen molar-refractivity contribution in [2.75, 3.05) is 6.54 Å². The topological polar surface area (TPSA) is 68.3 Å². The molecule has 7 heteroatoms. The second-order valence-electron chi connectivity index (χ2n) is 8.41. The van der Waals surface area contributed by atoms with Gasteiger partial charge >= 0.3 is 0 Å². The van der Waals surface area contributed by atoms with Crippen LogP contribution in [0.5, 0.6) is 0 Å². The van der Waals surface area contributed by atoms with Crippen LogP contribution in [0.1, 0.15) is 51.8 Å². The van der Waals surface area contributed by atoms with Gasteiger partial charge in [0.15, 0.2) is 11.3 Å². The maximum absolute atomic E-state index is 13.5. The average Bonchev–Trinajstić information content (AvgIpc) is 3.48. The van der Waals surface area contributed by atoms with Crippen molar-refractivity contribution in [2.24, 2.45) is 7.05 Å². The van der Waals surface area contributed by atoms with E-state index in [4.69, 9.17) is 0 Å². The Kier molecular flexibility index (Phi) is 4.61. The quantitative estimate of drug-likeness (QED) is 0.508. The van der Waals surface area contributed by atoms with E-state index < -0.39 is 0 Å². The molecule has 0 radical (unpaired) electrons. The van der Waals surface area contributed by atoms with E-state index in [1.807, 2.05) is 35.8 Å². The van der Waals surface area contributed by atoms with Gasteiger partial charge in [-0.25, -0.2) is 9.50 Å². The summed E-state index contributed by atoms with van der Waals surface area (Å²) in [6, 6.07) is 10.3. The summed E-state index contributed by atoms with van der Waals surface area (Å²) in [5.41, 5.74) is 7.65. The monoisotopic (exact) mass is 414 g/mol. The second-order valence-corrected chi connectivity index (χ2v) is 8.41. The van der Waals surface area contributed by atoms with Crippen molar-refractivity contribution in [1.29, 1.82) is 0 Å². The van der Waals surface area contributed by atoms with Crippen LogP contribution in [0, 0.1) is 20.8 Å². The Bertz CT molecular complexity index is 1300. The van der Waals surface area contributed by atoms with Crippen molar-refractivity contribution in [2.45, 2.75) is 39.7 Å². The molecule has 4 aromatic rings. The van der Waals surface area contributed by atoms with Crippen LogP contribution >= 0.6 is 0 Å². The zero-order valence-electron chi connectivity index (χ0n) is 18.3. The molecule has 1 aromatic carbocycles. The molecule has 0 N–H and O–H groups in total. The summed E-state index contributed by atoms with van der Waals surface area (Å²) in [5.74, 6) is -0.0391. The second kappa shape index (κ2) is 7.34. The van der Waals surface area contributed by atoms with Crippen LogP contribution in [0.4, 0.5) is 0 Å². The molecule has 0 aliphatic carbocycles. The Hall–Kier alpha value is -3.48. The number of carbonyl (C=O) groups is 1. The number of benzene rings is 1. The van der Waals surface area contributed by atoms with Crippen LogP contribution in [0.2, 0.25) is 0 Å². The third kappa shape index (κ3) is 3.21. The van der Waals surface area contributed by atoms with Gasteiger partial charge in [0.2, 0.25) is 0 Å². The minimum absolute atomic E-state index is 0.0391. The van der Waals surface area contributed by atoms with Crippen molar-refractivity contribution in [3.05, 3.63) is 70.8 Å². The molecule has 5 rings (SSSR count). The zero-order chi connectivity index (χ0) is 21.7. The van der Waals surface area contributed by atoms with Gasteiger partial charge in [0.1, 0.15) is 0 Å². The summed E-state index contributed by atoms with van der Waals surface area (Å²) in [4.78, 5) is 19.9. The molecule has 0 spiro atoms. The summed E-state index contributed by atoms with van der Waals surface area (Å²) in [6.45, 7) is 6.98. The molecule has 158 valence electrons. The van der Waals surface area contributed by atoms with Gasteiger partial charge in [-0.1, -0.05) is 23.8 Å². The van der Waals surface area contributed by atoms with Gasteiger partial charge in [-0.05, 0) is 50.8 Å². The first-order valence-electron chi connectivity index (χ1n) is 10.7. The SMILES string of the molecule is Cc1ccc(C)c([C@H]2CCCN2C(=O)c2cc3nccc(-c4cnn(C)c4C)n3n2)c1. The first-order valence-corrected chi connectivity index (χ1v) is 10.7. The maximum atomic E-state index is 13.5. The lowest BCUT2D eigenvalue weighted by Gasteiger charge is -2.26. The standard InChI is InChI=1S/C24H26N6O/c1-15-7-8-16(2)18(12-15)21-6-5-11-29(21)24(31)20-13-23-25-10-9-22(30(23)27-20)19-14-26-28(4)17(19)3/h7-10,12-14,21H,5-6,11H2,1-4H3/t21-/m1/s1. The molecule has 1 saturated heterocycles. The highest BCUT2D eigenvalue weighted by atomic mass is 16.2. The lowest BCUT2D eigenvalue weighted by molar-refractivity contribution is 0.0729. The van der Waals surface area contributed by atoms with E-state index in [1.165, 1.54) is 16.7 Å². The smallest absolute Gasteiger partial charge is 0.274 e. The van der Waals surface area contributed by atoms with Crippen LogP contribution in [-0.2, 0) is 7.05 Å². The normalized spacial score (nSPS) is 16.4. The number of fused-ring (bicyclic) bond motifs is 1. The van der Waals surface area contributed by atoms with Crippen molar-refractivity contribution in [3.8, 4) is 11.3 Å².